The minimum atomic E-state index is 0.923. The zero-order valence-electron chi connectivity index (χ0n) is 9.02. The molecule has 0 aliphatic heterocycles. The fourth-order valence-corrected chi connectivity index (χ4v) is 2.46. The van der Waals surface area contributed by atoms with Crippen molar-refractivity contribution in [1.82, 2.24) is 4.98 Å². The van der Waals surface area contributed by atoms with Crippen LogP contribution >= 0.6 is 0 Å². The Hall–Kier alpha value is -1.05. The summed E-state index contributed by atoms with van der Waals surface area (Å²) in [7, 11) is 0. The normalized spacial score (nSPS) is 20.6. The smallest absolute Gasteiger partial charge is 0.125 e. The minimum Gasteiger partial charge on any atom is -0.370 e. The standard InChI is InChI=1S/C13H18N2/c1-2-8-14-13(3-1)15-9-12(10-4-5-10)11-6-7-11/h1-3,8,10-12H,4-7,9H2,(H,14,15). The van der Waals surface area contributed by atoms with E-state index in [2.05, 4.69) is 16.4 Å². The number of nitrogens with zero attached hydrogens (tertiary/aromatic N) is 1. The Morgan fingerprint density at radius 1 is 1.20 bits per heavy atom. The van der Waals surface area contributed by atoms with Crippen molar-refractivity contribution in [3.8, 4) is 0 Å². The zero-order valence-corrected chi connectivity index (χ0v) is 9.02. The maximum atomic E-state index is 4.30. The van der Waals surface area contributed by atoms with Gasteiger partial charge in [-0.15, -0.1) is 0 Å². The van der Waals surface area contributed by atoms with Gasteiger partial charge in [0.1, 0.15) is 5.82 Å². The summed E-state index contributed by atoms with van der Waals surface area (Å²) >= 11 is 0. The van der Waals surface area contributed by atoms with Gasteiger partial charge in [-0.1, -0.05) is 6.07 Å². The number of aromatic nitrogens is 1. The van der Waals surface area contributed by atoms with Crippen LogP contribution in [0.5, 0.6) is 0 Å². The fourth-order valence-electron chi connectivity index (χ4n) is 2.46. The van der Waals surface area contributed by atoms with Crippen LogP contribution in [-0.2, 0) is 0 Å². The average molecular weight is 202 g/mol. The molecule has 2 saturated carbocycles. The highest BCUT2D eigenvalue weighted by molar-refractivity contribution is 5.33. The van der Waals surface area contributed by atoms with Crippen molar-refractivity contribution in [3.05, 3.63) is 24.4 Å². The van der Waals surface area contributed by atoms with Gasteiger partial charge in [0.25, 0.3) is 0 Å². The third-order valence-electron chi connectivity index (χ3n) is 3.64. The van der Waals surface area contributed by atoms with Crippen molar-refractivity contribution in [1.29, 1.82) is 0 Å². The molecule has 0 saturated heterocycles. The molecule has 1 heterocycles. The minimum absolute atomic E-state index is 0.923. The highest BCUT2D eigenvalue weighted by atomic mass is 15.0. The van der Waals surface area contributed by atoms with Gasteiger partial charge in [0.2, 0.25) is 0 Å². The summed E-state index contributed by atoms with van der Waals surface area (Å²) in [6.07, 6.45) is 7.71. The van der Waals surface area contributed by atoms with E-state index >= 15 is 0 Å². The summed E-state index contributed by atoms with van der Waals surface area (Å²) in [6.45, 7) is 1.13. The van der Waals surface area contributed by atoms with Crippen LogP contribution in [0.15, 0.2) is 24.4 Å². The molecule has 1 aromatic rings. The molecule has 15 heavy (non-hydrogen) atoms. The molecule has 1 aromatic heterocycles. The fraction of sp³-hybridized carbons (Fsp3) is 0.615. The van der Waals surface area contributed by atoms with E-state index < -0.39 is 0 Å². The summed E-state index contributed by atoms with van der Waals surface area (Å²) in [5.74, 6) is 4.00. The maximum Gasteiger partial charge on any atom is 0.125 e. The number of nitrogens with one attached hydrogen (secondary N) is 1. The van der Waals surface area contributed by atoms with Gasteiger partial charge in [-0.05, 0) is 55.6 Å². The predicted octanol–water partition coefficient (Wildman–Crippen LogP) is 2.93. The van der Waals surface area contributed by atoms with Gasteiger partial charge >= 0.3 is 0 Å². The summed E-state index contributed by atoms with van der Waals surface area (Å²) in [5, 5.41) is 3.48. The number of anilines is 1. The van der Waals surface area contributed by atoms with Crippen molar-refractivity contribution in [2.24, 2.45) is 17.8 Å². The molecule has 0 spiro atoms. The lowest BCUT2D eigenvalue weighted by Gasteiger charge is -2.16. The molecule has 0 atom stereocenters. The number of hydrogen-bond acceptors (Lipinski definition) is 2. The van der Waals surface area contributed by atoms with Crippen LogP contribution in [0.25, 0.3) is 0 Å². The Labute approximate surface area is 91.1 Å². The molecular formula is C13H18N2. The third-order valence-corrected chi connectivity index (χ3v) is 3.64. The van der Waals surface area contributed by atoms with E-state index in [1.807, 2.05) is 18.3 Å². The van der Waals surface area contributed by atoms with Gasteiger partial charge in [0, 0.05) is 12.7 Å². The van der Waals surface area contributed by atoms with Crippen LogP contribution in [0, 0.1) is 17.8 Å². The van der Waals surface area contributed by atoms with Crippen LogP contribution < -0.4 is 5.32 Å². The Morgan fingerprint density at radius 2 is 1.93 bits per heavy atom. The topological polar surface area (TPSA) is 24.9 Å². The van der Waals surface area contributed by atoms with Gasteiger partial charge in [0.05, 0.1) is 0 Å². The van der Waals surface area contributed by atoms with Gasteiger partial charge in [-0.3, -0.25) is 0 Å². The van der Waals surface area contributed by atoms with Crippen LogP contribution in [0.4, 0.5) is 5.82 Å². The molecule has 80 valence electrons. The first kappa shape index (κ1) is 9.20. The Kier molecular flexibility index (Phi) is 2.35. The van der Waals surface area contributed by atoms with E-state index in [-0.39, 0.29) is 0 Å². The van der Waals surface area contributed by atoms with Crippen molar-refractivity contribution >= 4 is 5.82 Å². The summed E-state index contributed by atoms with van der Waals surface area (Å²) in [5.41, 5.74) is 0. The lowest BCUT2D eigenvalue weighted by Crippen LogP contribution is -2.18. The Morgan fingerprint density at radius 3 is 2.47 bits per heavy atom. The van der Waals surface area contributed by atoms with E-state index in [0.29, 0.717) is 0 Å². The lowest BCUT2D eigenvalue weighted by atomic mass is 9.98. The molecule has 2 aliphatic carbocycles. The SMILES string of the molecule is c1ccc(NCC(C2CC2)C2CC2)nc1. The Balaban J connectivity index is 1.55. The van der Waals surface area contributed by atoms with Gasteiger partial charge in [0.15, 0.2) is 0 Å². The molecule has 2 fully saturated rings. The molecule has 0 unspecified atom stereocenters. The van der Waals surface area contributed by atoms with Crippen LogP contribution in [0.1, 0.15) is 25.7 Å². The number of rotatable bonds is 5. The largest absolute Gasteiger partial charge is 0.370 e. The second-order valence-electron chi connectivity index (χ2n) is 4.93. The average Bonchev–Trinajstić information content (AvgIpc) is 3.14. The first-order valence-electron chi connectivity index (χ1n) is 6.08. The van der Waals surface area contributed by atoms with E-state index in [1.54, 1.807) is 0 Å². The second kappa shape index (κ2) is 3.84. The molecule has 1 N–H and O–H groups in total. The van der Waals surface area contributed by atoms with Crippen LogP contribution in [0.3, 0.4) is 0 Å². The summed E-state index contributed by atoms with van der Waals surface area (Å²) in [6, 6.07) is 6.06. The van der Waals surface area contributed by atoms with Crippen molar-refractivity contribution < 1.29 is 0 Å². The maximum absolute atomic E-state index is 4.30. The lowest BCUT2D eigenvalue weighted by molar-refractivity contribution is 0.427. The first-order valence-corrected chi connectivity index (χ1v) is 6.08. The van der Waals surface area contributed by atoms with Crippen LogP contribution in [-0.4, -0.2) is 11.5 Å². The molecule has 0 radical (unpaired) electrons. The van der Waals surface area contributed by atoms with E-state index in [9.17, 15) is 0 Å². The van der Waals surface area contributed by atoms with Crippen molar-refractivity contribution in [2.75, 3.05) is 11.9 Å². The van der Waals surface area contributed by atoms with E-state index in [0.717, 1.165) is 30.1 Å². The molecule has 2 aliphatic rings. The van der Waals surface area contributed by atoms with Gasteiger partial charge in [-0.2, -0.15) is 0 Å². The quantitative estimate of drug-likeness (QED) is 0.794. The summed E-state index contributed by atoms with van der Waals surface area (Å²) < 4.78 is 0. The van der Waals surface area contributed by atoms with Gasteiger partial charge < -0.3 is 5.32 Å². The van der Waals surface area contributed by atoms with Crippen LogP contribution in [0.2, 0.25) is 0 Å². The monoisotopic (exact) mass is 202 g/mol. The van der Waals surface area contributed by atoms with Crippen molar-refractivity contribution in [2.45, 2.75) is 25.7 Å². The van der Waals surface area contributed by atoms with E-state index in [4.69, 9.17) is 0 Å². The molecule has 0 aromatic carbocycles. The zero-order chi connectivity index (χ0) is 10.1. The molecule has 3 rings (SSSR count). The second-order valence-corrected chi connectivity index (χ2v) is 4.93. The Bertz CT molecular complexity index is 303. The molecule has 2 heteroatoms. The van der Waals surface area contributed by atoms with Gasteiger partial charge in [-0.25, -0.2) is 4.98 Å². The highest BCUT2D eigenvalue weighted by Gasteiger charge is 2.40. The number of pyridine rings is 1. The van der Waals surface area contributed by atoms with E-state index in [1.165, 1.54) is 25.7 Å². The first-order chi connectivity index (χ1) is 7.43. The third kappa shape index (κ3) is 2.31. The number of hydrogen-bond donors (Lipinski definition) is 1. The predicted molar refractivity (Wildman–Crippen MR) is 61.7 cm³/mol. The molecule has 0 amide bonds. The highest BCUT2D eigenvalue weighted by Crippen LogP contribution is 2.49. The molecular weight excluding hydrogens is 184 g/mol. The van der Waals surface area contributed by atoms with Crippen molar-refractivity contribution in [3.63, 3.8) is 0 Å². The summed E-state index contributed by atoms with van der Waals surface area (Å²) in [4.78, 5) is 4.30. The molecule has 0 bridgehead atoms. The molecule has 2 nitrogen and oxygen atoms in total.